The molecule has 4 rings (SSSR count). The average molecular weight is 379 g/mol. The molecular formula is C22H25N3O3. The number of likely N-dealkylation sites (tertiary alicyclic amines) is 1. The highest BCUT2D eigenvalue weighted by Crippen LogP contribution is 2.34. The van der Waals surface area contributed by atoms with Crippen molar-refractivity contribution in [1.82, 2.24) is 9.80 Å². The molecule has 0 radical (unpaired) electrons. The number of carbonyl (C=O) groups excluding carboxylic acids is 2. The van der Waals surface area contributed by atoms with Crippen LogP contribution in [0, 0.1) is 0 Å². The SMILES string of the molecule is COc1cccc(C(=O)N2CCC3(C2)CN(c2ccccc2)C(=O)CN3C)c1. The lowest BCUT2D eigenvalue weighted by Gasteiger charge is -2.46. The van der Waals surface area contributed by atoms with Crippen molar-refractivity contribution in [3.8, 4) is 5.75 Å². The molecule has 1 atom stereocenters. The van der Waals surface area contributed by atoms with Crippen LogP contribution in [0.4, 0.5) is 5.69 Å². The molecule has 0 bridgehead atoms. The van der Waals surface area contributed by atoms with Crippen molar-refractivity contribution in [3.63, 3.8) is 0 Å². The van der Waals surface area contributed by atoms with Crippen LogP contribution >= 0.6 is 0 Å². The molecule has 0 N–H and O–H groups in total. The maximum Gasteiger partial charge on any atom is 0.254 e. The smallest absolute Gasteiger partial charge is 0.254 e. The van der Waals surface area contributed by atoms with E-state index in [4.69, 9.17) is 4.74 Å². The highest BCUT2D eigenvalue weighted by molar-refractivity contribution is 5.97. The van der Waals surface area contributed by atoms with Crippen LogP contribution in [-0.2, 0) is 4.79 Å². The van der Waals surface area contributed by atoms with Crippen molar-refractivity contribution in [2.24, 2.45) is 0 Å². The molecule has 1 unspecified atom stereocenters. The Bertz CT molecular complexity index is 886. The van der Waals surface area contributed by atoms with E-state index >= 15 is 0 Å². The zero-order valence-electron chi connectivity index (χ0n) is 16.3. The number of para-hydroxylation sites is 1. The summed E-state index contributed by atoms with van der Waals surface area (Å²) >= 11 is 0. The fourth-order valence-electron chi connectivity index (χ4n) is 4.21. The normalized spacial score (nSPS) is 22.7. The number of benzene rings is 2. The van der Waals surface area contributed by atoms with Crippen molar-refractivity contribution in [2.75, 3.05) is 45.2 Å². The second-order valence-electron chi connectivity index (χ2n) is 7.60. The summed E-state index contributed by atoms with van der Waals surface area (Å²) < 4.78 is 5.25. The zero-order chi connectivity index (χ0) is 19.7. The summed E-state index contributed by atoms with van der Waals surface area (Å²) in [6.07, 6.45) is 0.843. The molecule has 2 heterocycles. The van der Waals surface area contributed by atoms with E-state index in [2.05, 4.69) is 4.90 Å². The third-order valence-corrected chi connectivity index (χ3v) is 5.94. The lowest BCUT2D eigenvalue weighted by atomic mass is 9.92. The number of amides is 2. The van der Waals surface area contributed by atoms with Gasteiger partial charge in [0.15, 0.2) is 0 Å². The molecular weight excluding hydrogens is 354 g/mol. The second kappa shape index (κ2) is 7.28. The molecule has 2 aliphatic heterocycles. The van der Waals surface area contributed by atoms with E-state index in [-0.39, 0.29) is 17.4 Å². The first-order valence-corrected chi connectivity index (χ1v) is 9.52. The van der Waals surface area contributed by atoms with Gasteiger partial charge in [-0.25, -0.2) is 0 Å². The van der Waals surface area contributed by atoms with Gasteiger partial charge in [0, 0.05) is 30.9 Å². The first kappa shape index (κ1) is 18.5. The van der Waals surface area contributed by atoms with Crippen LogP contribution in [0.1, 0.15) is 16.8 Å². The fraction of sp³-hybridized carbons (Fsp3) is 0.364. The minimum absolute atomic E-state index is 0.00679. The number of anilines is 1. The van der Waals surface area contributed by atoms with Gasteiger partial charge in [-0.1, -0.05) is 24.3 Å². The third kappa shape index (κ3) is 3.24. The first-order chi connectivity index (χ1) is 13.5. The van der Waals surface area contributed by atoms with E-state index in [1.807, 2.05) is 65.4 Å². The van der Waals surface area contributed by atoms with Crippen molar-refractivity contribution in [2.45, 2.75) is 12.0 Å². The average Bonchev–Trinajstić information content (AvgIpc) is 3.16. The molecule has 6 nitrogen and oxygen atoms in total. The molecule has 2 aromatic carbocycles. The maximum atomic E-state index is 13.0. The van der Waals surface area contributed by atoms with Crippen molar-refractivity contribution < 1.29 is 14.3 Å². The minimum atomic E-state index is -0.224. The monoisotopic (exact) mass is 379 g/mol. The van der Waals surface area contributed by atoms with Gasteiger partial charge in [0.1, 0.15) is 5.75 Å². The van der Waals surface area contributed by atoms with Gasteiger partial charge in [-0.15, -0.1) is 0 Å². The van der Waals surface area contributed by atoms with Crippen LogP contribution in [0.2, 0.25) is 0 Å². The quantitative estimate of drug-likeness (QED) is 0.821. The Balaban J connectivity index is 1.55. The van der Waals surface area contributed by atoms with Gasteiger partial charge >= 0.3 is 0 Å². The Morgan fingerprint density at radius 3 is 2.61 bits per heavy atom. The van der Waals surface area contributed by atoms with Crippen LogP contribution in [0.5, 0.6) is 5.75 Å². The predicted octanol–water partition coefficient (Wildman–Crippen LogP) is 2.26. The van der Waals surface area contributed by atoms with E-state index in [1.54, 1.807) is 13.2 Å². The van der Waals surface area contributed by atoms with Gasteiger partial charge in [-0.2, -0.15) is 0 Å². The summed E-state index contributed by atoms with van der Waals surface area (Å²) in [7, 11) is 3.58. The molecule has 2 fully saturated rings. The minimum Gasteiger partial charge on any atom is -0.497 e. The van der Waals surface area contributed by atoms with Crippen molar-refractivity contribution in [3.05, 3.63) is 60.2 Å². The molecule has 0 aliphatic carbocycles. The summed E-state index contributed by atoms with van der Waals surface area (Å²) in [6, 6.07) is 17.0. The molecule has 2 amide bonds. The summed E-state index contributed by atoms with van der Waals surface area (Å²) in [6.45, 7) is 2.23. The highest BCUT2D eigenvalue weighted by atomic mass is 16.5. The van der Waals surface area contributed by atoms with Gasteiger partial charge in [0.2, 0.25) is 5.91 Å². The van der Waals surface area contributed by atoms with E-state index in [9.17, 15) is 9.59 Å². The summed E-state index contributed by atoms with van der Waals surface area (Å²) in [4.78, 5) is 31.5. The number of ether oxygens (including phenoxy) is 1. The molecule has 146 valence electrons. The number of piperazine rings is 1. The van der Waals surface area contributed by atoms with E-state index in [0.29, 0.717) is 37.5 Å². The largest absolute Gasteiger partial charge is 0.497 e. The number of hydrogen-bond acceptors (Lipinski definition) is 4. The van der Waals surface area contributed by atoms with E-state index < -0.39 is 0 Å². The van der Waals surface area contributed by atoms with Gasteiger partial charge in [0.05, 0.1) is 19.2 Å². The van der Waals surface area contributed by atoms with Gasteiger partial charge < -0.3 is 14.5 Å². The number of methoxy groups -OCH3 is 1. The summed E-state index contributed by atoms with van der Waals surface area (Å²) in [5.41, 5.74) is 1.32. The maximum absolute atomic E-state index is 13.0. The Morgan fingerprint density at radius 1 is 1.07 bits per heavy atom. The highest BCUT2D eigenvalue weighted by Gasteiger charge is 2.48. The van der Waals surface area contributed by atoms with Gasteiger partial charge in [-0.05, 0) is 43.8 Å². The number of likely N-dealkylation sites (N-methyl/N-ethyl adjacent to an activating group) is 1. The Hall–Kier alpha value is -2.86. The molecule has 2 aliphatic rings. The zero-order valence-corrected chi connectivity index (χ0v) is 16.3. The molecule has 0 saturated carbocycles. The molecule has 2 saturated heterocycles. The van der Waals surface area contributed by atoms with Crippen LogP contribution < -0.4 is 9.64 Å². The van der Waals surface area contributed by atoms with Crippen LogP contribution in [0.15, 0.2) is 54.6 Å². The standard InChI is InChI=1S/C22H25N3O3/c1-23-14-20(26)25(18-8-4-3-5-9-18)16-22(23)11-12-24(15-22)21(27)17-7-6-10-19(13-17)28-2/h3-10,13H,11-12,14-16H2,1-2H3. The summed E-state index contributed by atoms with van der Waals surface area (Å²) in [5.74, 6) is 0.777. The Morgan fingerprint density at radius 2 is 1.86 bits per heavy atom. The van der Waals surface area contributed by atoms with E-state index in [1.165, 1.54) is 0 Å². The predicted molar refractivity (Wildman–Crippen MR) is 108 cm³/mol. The molecule has 28 heavy (non-hydrogen) atoms. The second-order valence-corrected chi connectivity index (χ2v) is 7.60. The Labute approximate surface area is 165 Å². The summed E-state index contributed by atoms with van der Waals surface area (Å²) in [5, 5.41) is 0. The number of carbonyl (C=O) groups is 2. The lowest BCUT2D eigenvalue weighted by Crippen LogP contribution is -2.64. The Kier molecular flexibility index (Phi) is 4.81. The van der Waals surface area contributed by atoms with E-state index in [0.717, 1.165) is 12.1 Å². The molecule has 0 aromatic heterocycles. The molecule has 1 spiro atoms. The third-order valence-electron chi connectivity index (χ3n) is 5.94. The van der Waals surface area contributed by atoms with Crippen molar-refractivity contribution in [1.29, 1.82) is 0 Å². The number of nitrogens with zero attached hydrogens (tertiary/aromatic N) is 3. The number of hydrogen-bond donors (Lipinski definition) is 0. The van der Waals surface area contributed by atoms with Crippen molar-refractivity contribution >= 4 is 17.5 Å². The number of rotatable bonds is 3. The van der Waals surface area contributed by atoms with Crippen LogP contribution in [0.3, 0.4) is 0 Å². The molecule has 2 aromatic rings. The van der Waals surface area contributed by atoms with Crippen LogP contribution in [0.25, 0.3) is 0 Å². The van der Waals surface area contributed by atoms with Gasteiger partial charge in [0.25, 0.3) is 5.91 Å². The molecule has 6 heteroatoms. The fourth-order valence-corrected chi connectivity index (χ4v) is 4.21. The topological polar surface area (TPSA) is 53.1 Å². The lowest BCUT2D eigenvalue weighted by molar-refractivity contribution is -0.123. The van der Waals surface area contributed by atoms with Gasteiger partial charge in [-0.3, -0.25) is 14.5 Å². The van der Waals surface area contributed by atoms with Crippen LogP contribution in [-0.4, -0.2) is 67.5 Å². The first-order valence-electron chi connectivity index (χ1n) is 9.52.